The summed E-state index contributed by atoms with van der Waals surface area (Å²) in [5.74, 6) is 0.954. The number of benzene rings is 2. The molecule has 9 heteroatoms. The SMILES string of the molecule is COc1ccc(C(=O)N2CCN(C(=O)C3CC(=O)N(c4cc(C)ccc4OC)C3)CC2)c(OC)c1. The van der Waals surface area contributed by atoms with Gasteiger partial charge in [-0.3, -0.25) is 14.4 Å². The maximum atomic E-state index is 13.2. The van der Waals surface area contributed by atoms with Crippen LogP contribution in [0.4, 0.5) is 5.69 Å². The number of carbonyl (C=O) groups excluding carboxylic acids is 3. The summed E-state index contributed by atoms with van der Waals surface area (Å²) in [4.78, 5) is 44.2. The van der Waals surface area contributed by atoms with E-state index in [-0.39, 0.29) is 24.1 Å². The number of hydrogen-bond donors (Lipinski definition) is 0. The lowest BCUT2D eigenvalue weighted by molar-refractivity contribution is -0.137. The number of methoxy groups -OCH3 is 3. The van der Waals surface area contributed by atoms with Gasteiger partial charge in [-0.05, 0) is 36.8 Å². The van der Waals surface area contributed by atoms with Crippen LogP contribution in [-0.4, -0.2) is 81.6 Å². The van der Waals surface area contributed by atoms with Gasteiger partial charge in [-0.2, -0.15) is 0 Å². The molecule has 35 heavy (non-hydrogen) atoms. The molecule has 0 spiro atoms. The van der Waals surface area contributed by atoms with Gasteiger partial charge in [-0.15, -0.1) is 0 Å². The third-order valence-corrected chi connectivity index (χ3v) is 6.62. The summed E-state index contributed by atoms with van der Waals surface area (Å²) >= 11 is 0. The van der Waals surface area contributed by atoms with Crippen molar-refractivity contribution < 1.29 is 28.6 Å². The van der Waals surface area contributed by atoms with E-state index in [1.54, 1.807) is 47.1 Å². The zero-order valence-corrected chi connectivity index (χ0v) is 20.6. The standard InChI is InChI=1S/C26H31N3O6/c1-17-5-8-22(34-3)21(13-17)29-16-18(14-24(29)30)25(31)27-9-11-28(12-10-27)26(32)20-7-6-19(33-2)15-23(20)35-4/h5-8,13,15,18H,9-12,14,16H2,1-4H3. The predicted molar refractivity (Wildman–Crippen MR) is 130 cm³/mol. The molecular weight excluding hydrogens is 450 g/mol. The molecule has 2 fully saturated rings. The Hall–Kier alpha value is -3.75. The first-order chi connectivity index (χ1) is 16.9. The van der Waals surface area contributed by atoms with Gasteiger partial charge >= 0.3 is 0 Å². The second-order valence-corrected chi connectivity index (χ2v) is 8.76. The van der Waals surface area contributed by atoms with Crippen LogP contribution < -0.4 is 19.1 Å². The highest BCUT2D eigenvalue weighted by Gasteiger charge is 2.39. The highest BCUT2D eigenvalue weighted by molar-refractivity contribution is 6.01. The lowest BCUT2D eigenvalue weighted by atomic mass is 10.1. The molecule has 0 bridgehead atoms. The van der Waals surface area contributed by atoms with Gasteiger partial charge in [0, 0.05) is 45.2 Å². The first-order valence-electron chi connectivity index (χ1n) is 11.6. The van der Waals surface area contributed by atoms with E-state index >= 15 is 0 Å². The molecule has 2 saturated heterocycles. The predicted octanol–water partition coefficient (Wildman–Crippen LogP) is 2.36. The van der Waals surface area contributed by atoms with E-state index in [0.717, 1.165) is 5.56 Å². The Balaban J connectivity index is 1.39. The number of carbonyl (C=O) groups is 3. The highest BCUT2D eigenvalue weighted by Crippen LogP contribution is 2.34. The van der Waals surface area contributed by atoms with Gasteiger partial charge in [-0.25, -0.2) is 0 Å². The van der Waals surface area contributed by atoms with Crippen molar-refractivity contribution in [1.82, 2.24) is 9.80 Å². The zero-order valence-electron chi connectivity index (χ0n) is 20.6. The molecule has 2 heterocycles. The van der Waals surface area contributed by atoms with Crippen LogP contribution in [-0.2, 0) is 9.59 Å². The summed E-state index contributed by atoms with van der Waals surface area (Å²) in [5.41, 5.74) is 2.16. The average Bonchev–Trinajstić information content (AvgIpc) is 3.28. The van der Waals surface area contributed by atoms with E-state index in [0.29, 0.717) is 61.2 Å². The normalized spacial score (nSPS) is 18.0. The zero-order chi connectivity index (χ0) is 25.1. The van der Waals surface area contributed by atoms with Crippen LogP contribution in [0.25, 0.3) is 0 Å². The number of hydrogen-bond acceptors (Lipinski definition) is 6. The molecule has 0 radical (unpaired) electrons. The lowest BCUT2D eigenvalue weighted by Gasteiger charge is -2.36. The first-order valence-corrected chi connectivity index (χ1v) is 11.6. The number of nitrogens with zero attached hydrogens (tertiary/aromatic N) is 3. The lowest BCUT2D eigenvalue weighted by Crippen LogP contribution is -2.52. The fourth-order valence-electron chi connectivity index (χ4n) is 4.65. The van der Waals surface area contributed by atoms with Gasteiger partial charge in [0.1, 0.15) is 17.2 Å². The number of amides is 3. The Bertz CT molecular complexity index is 1130. The molecule has 0 saturated carbocycles. The van der Waals surface area contributed by atoms with Crippen LogP contribution >= 0.6 is 0 Å². The van der Waals surface area contributed by atoms with Crippen molar-refractivity contribution in [2.45, 2.75) is 13.3 Å². The molecule has 1 unspecified atom stereocenters. The van der Waals surface area contributed by atoms with Gasteiger partial charge in [0.25, 0.3) is 5.91 Å². The molecule has 3 amide bonds. The van der Waals surface area contributed by atoms with Crippen molar-refractivity contribution in [2.75, 3.05) is 59.0 Å². The molecule has 2 aromatic carbocycles. The fourth-order valence-corrected chi connectivity index (χ4v) is 4.65. The summed E-state index contributed by atoms with van der Waals surface area (Å²) in [7, 11) is 4.64. The molecule has 0 aromatic heterocycles. The van der Waals surface area contributed by atoms with Crippen molar-refractivity contribution in [2.24, 2.45) is 5.92 Å². The number of piperazine rings is 1. The molecule has 2 aliphatic rings. The maximum absolute atomic E-state index is 13.2. The number of rotatable bonds is 6. The Morgan fingerprint density at radius 1 is 0.857 bits per heavy atom. The van der Waals surface area contributed by atoms with Crippen molar-refractivity contribution in [1.29, 1.82) is 0 Å². The van der Waals surface area contributed by atoms with Gasteiger partial charge in [0.2, 0.25) is 11.8 Å². The highest BCUT2D eigenvalue weighted by atomic mass is 16.5. The molecule has 1 atom stereocenters. The number of anilines is 1. The molecule has 9 nitrogen and oxygen atoms in total. The van der Waals surface area contributed by atoms with Crippen LogP contribution in [0.1, 0.15) is 22.3 Å². The summed E-state index contributed by atoms with van der Waals surface area (Å²) in [6.07, 6.45) is 0.165. The van der Waals surface area contributed by atoms with Gasteiger partial charge in [0.15, 0.2) is 0 Å². The topological polar surface area (TPSA) is 88.6 Å². The van der Waals surface area contributed by atoms with Gasteiger partial charge < -0.3 is 28.9 Å². The van der Waals surface area contributed by atoms with Crippen LogP contribution in [0.5, 0.6) is 17.2 Å². The minimum absolute atomic E-state index is 0.0541. The van der Waals surface area contributed by atoms with Crippen molar-refractivity contribution in [3.05, 3.63) is 47.5 Å². The van der Waals surface area contributed by atoms with Gasteiger partial charge in [0.05, 0.1) is 38.5 Å². The summed E-state index contributed by atoms with van der Waals surface area (Å²) in [5, 5.41) is 0. The Morgan fingerprint density at radius 3 is 2.20 bits per heavy atom. The number of ether oxygens (including phenoxy) is 3. The Morgan fingerprint density at radius 2 is 1.54 bits per heavy atom. The smallest absolute Gasteiger partial charge is 0.257 e. The molecule has 0 aliphatic carbocycles. The van der Waals surface area contributed by atoms with Gasteiger partial charge in [-0.1, -0.05) is 6.07 Å². The van der Waals surface area contributed by atoms with Crippen LogP contribution in [0.2, 0.25) is 0 Å². The summed E-state index contributed by atoms with van der Waals surface area (Å²) < 4.78 is 16.0. The quantitative estimate of drug-likeness (QED) is 0.630. The van der Waals surface area contributed by atoms with E-state index in [1.165, 1.54) is 7.11 Å². The minimum atomic E-state index is -0.420. The molecule has 4 rings (SSSR count). The van der Waals surface area contributed by atoms with Crippen molar-refractivity contribution >= 4 is 23.4 Å². The van der Waals surface area contributed by atoms with Crippen LogP contribution in [0, 0.1) is 12.8 Å². The van der Waals surface area contributed by atoms with Crippen LogP contribution in [0.15, 0.2) is 36.4 Å². The van der Waals surface area contributed by atoms with Crippen molar-refractivity contribution in [3.63, 3.8) is 0 Å². The minimum Gasteiger partial charge on any atom is -0.497 e. The molecule has 186 valence electrons. The van der Waals surface area contributed by atoms with E-state index in [9.17, 15) is 14.4 Å². The summed E-state index contributed by atoms with van der Waals surface area (Å²) in [6.45, 7) is 3.93. The maximum Gasteiger partial charge on any atom is 0.257 e. The monoisotopic (exact) mass is 481 g/mol. The Labute approximate surface area is 205 Å². The molecular formula is C26H31N3O6. The second-order valence-electron chi connectivity index (χ2n) is 8.76. The molecule has 2 aliphatic heterocycles. The van der Waals surface area contributed by atoms with E-state index in [2.05, 4.69) is 0 Å². The Kier molecular flexibility index (Phi) is 7.14. The average molecular weight is 482 g/mol. The van der Waals surface area contributed by atoms with Crippen LogP contribution in [0.3, 0.4) is 0 Å². The third kappa shape index (κ3) is 4.89. The molecule has 0 N–H and O–H groups in total. The molecule has 2 aromatic rings. The van der Waals surface area contributed by atoms with Crippen molar-refractivity contribution in [3.8, 4) is 17.2 Å². The third-order valence-electron chi connectivity index (χ3n) is 6.62. The largest absolute Gasteiger partial charge is 0.497 e. The second kappa shape index (κ2) is 10.2. The van der Waals surface area contributed by atoms with E-state index in [1.807, 2.05) is 25.1 Å². The summed E-state index contributed by atoms with van der Waals surface area (Å²) in [6, 6.07) is 10.8. The fraction of sp³-hybridized carbons (Fsp3) is 0.423. The van der Waals surface area contributed by atoms with E-state index < -0.39 is 5.92 Å². The van der Waals surface area contributed by atoms with E-state index in [4.69, 9.17) is 14.2 Å². The first kappa shape index (κ1) is 24.4. The number of aryl methyl sites for hydroxylation is 1.